The number of hydrogen-bond acceptors (Lipinski definition) is 4. The maximum absolute atomic E-state index is 11.7. The Bertz CT molecular complexity index is 199. The van der Waals surface area contributed by atoms with Gasteiger partial charge in [0.2, 0.25) is 0 Å². The van der Waals surface area contributed by atoms with E-state index in [-0.39, 0.29) is 30.5 Å². The molecule has 0 aliphatic carbocycles. The van der Waals surface area contributed by atoms with E-state index >= 15 is 0 Å². The van der Waals surface area contributed by atoms with Crippen LogP contribution in [0.4, 0.5) is 0 Å². The van der Waals surface area contributed by atoms with Crippen molar-refractivity contribution >= 4 is 18.3 Å². The van der Waals surface area contributed by atoms with E-state index in [9.17, 15) is 4.79 Å². The Hall–Kier alpha value is -0.360. The van der Waals surface area contributed by atoms with E-state index in [1.54, 1.807) is 7.11 Å². The second-order valence-electron chi connectivity index (χ2n) is 3.63. The van der Waals surface area contributed by atoms with Crippen molar-refractivity contribution in [1.82, 2.24) is 10.6 Å². The fourth-order valence-electron chi connectivity index (χ4n) is 1.49. The van der Waals surface area contributed by atoms with Crippen molar-refractivity contribution in [2.75, 3.05) is 33.4 Å². The Morgan fingerprint density at radius 3 is 2.94 bits per heavy atom. The number of rotatable bonds is 5. The molecule has 0 aromatic heterocycles. The van der Waals surface area contributed by atoms with Crippen LogP contribution in [0.1, 0.15) is 13.3 Å². The monoisotopic (exact) mass is 252 g/mol. The molecule has 5 nitrogen and oxygen atoms in total. The molecule has 96 valence electrons. The predicted molar refractivity (Wildman–Crippen MR) is 64.0 cm³/mol. The van der Waals surface area contributed by atoms with Gasteiger partial charge in [0.15, 0.2) is 0 Å². The number of ether oxygens (including phenoxy) is 2. The molecule has 2 unspecified atom stereocenters. The lowest BCUT2D eigenvalue weighted by molar-refractivity contribution is -0.135. The van der Waals surface area contributed by atoms with E-state index in [1.165, 1.54) is 0 Å². The average molecular weight is 253 g/mol. The summed E-state index contributed by atoms with van der Waals surface area (Å²) in [4.78, 5) is 11.7. The van der Waals surface area contributed by atoms with Gasteiger partial charge < -0.3 is 20.1 Å². The number of hydrogen-bond donors (Lipinski definition) is 2. The van der Waals surface area contributed by atoms with Crippen LogP contribution in [-0.2, 0) is 14.3 Å². The van der Waals surface area contributed by atoms with Gasteiger partial charge in [0.1, 0.15) is 6.10 Å². The van der Waals surface area contributed by atoms with Crippen molar-refractivity contribution in [1.29, 1.82) is 0 Å². The number of carbonyl (C=O) groups excluding carboxylic acids is 1. The smallest absolute Gasteiger partial charge is 0.250 e. The van der Waals surface area contributed by atoms with E-state index in [0.29, 0.717) is 19.8 Å². The van der Waals surface area contributed by atoms with Crippen LogP contribution in [0.3, 0.4) is 0 Å². The third-order valence-electron chi connectivity index (χ3n) is 2.43. The van der Waals surface area contributed by atoms with Gasteiger partial charge in [-0.05, 0) is 6.42 Å². The molecular weight excluding hydrogens is 232 g/mol. The van der Waals surface area contributed by atoms with Crippen LogP contribution in [0.5, 0.6) is 0 Å². The standard InChI is InChI=1S/C10H20N2O3.ClH/c1-3-8(7-14-2)12-10(13)9-6-11-4-5-15-9;/h8-9,11H,3-7H2,1-2H3,(H,12,13);1H. The molecule has 16 heavy (non-hydrogen) atoms. The quantitative estimate of drug-likeness (QED) is 0.720. The second kappa shape index (κ2) is 8.75. The Kier molecular flexibility index (Phi) is 8.56. The van der Waals surface area contributed by atoms with Crippen LogP contribution in [0.15, 0.2) is 0 Å². The van der Waals surface area contributed by atoms with E-state index in [4.69, 9.17) is 9.47 Å². The number of methoxy groups -OCH3 is 1. The van der Waals surface area contributed by atoms with E-state index in [2.05, 4.69) is 10.6 Å². The first-order valence-corrected chi connectivity index (χ1v) is 5.39. The summed E-state index contributed by atoms with van der Waals surface area (Å²) in [6.07, 6.45) is 0.504. The SMILES string of the molecule is CCC(COC)NC(=O)C1CNCCO1.Cl. The van der Waals surface area contributed by atoms with Gasteiger partial charge in [0, 0.05) is 20.2 Å². The first kappa shape index (κ1) is 15.6. The fraction of sp³-hybridized carbons (Fsp3) is 0.900. The zero-order chi connectivity index (χ0) is 11.1. The Morgan fingerprint density at radius 2 is 2.44 bits per heavy atom. The molecular formula is C10H21ClN2O3. The van der Waals surface area contributed by atoms with E-state index in [0.717, 1.165) is 13.0 Å². The first-order chi connectivity index (χ1) is 7.27. The maximum Gasteiger partial charge on any atom is 0.250 e. The van der Waals surface area contributed by atoms with Crippen molar-refractivity contribution in [2.24, 2.45) is 0 Å². The van der Waals surface area contributed by atoms with Gasteiger partial charge in [-0.15, -0.1) is 12.4 Å². The molecule has 0 spiro atoms. The predicted octanol–water partition coefficient (Wildman–Crippen LogP) is -0.0622. The maximum atomic E-state index is 11.7. The van der Waals surface area contributed by atoms with E-state index < -0.39 is 0 Å². The van der Waals surface area contributed by atoms with Gasteiger partial charge in [-0.2, -0.15) is 0 Å². The van der Waals surface area contributed by atoms with Gasteiger partial charge in [-0.25, -0.2) is 0 Å². The number of nitrogens with one attached hydrogen (secondary N) is 2. The summed E-state index contributed by atoms with van der Waals surface area (Å²) in [5, 5.41) is 6.03. The minimum Gasteiger partial charge on any atom is -0.383 e. The molecule has 2 atom stereocenters. The minimum atomic E-state index is -0.357. The molecule has 6 heteroatoms. The number of morpholine rings is 1. The molecule has 0 aromatic carbocycles. The summed E-state index contributed by atoms with van der Waals surface area (Å²) in [5.74, 6) is -0.0499. The van der Waals surface area contributed by atoms with Crippen LogP contribution in [0, 0.1) is 0 Å². The summed E-state index contributed by atoms with van der Waals surface area (Å²) < 4.78 is 10.4. The molecule has 1 saturated heterocycles. The summed E-state index contributed by atoms with van der Waals surface area (Å²) in [6, 6.07) is 0.0769. The van der Waals surface area contributed by atoms with Crippen LogP contribution in [0.25, 0.3) is 0 Å². The largest absolute Gasteiger partial charge is 0.383 e. The van der Waals surface area contributed by atoms with Gasteiger partial charge in [-0.3, -0.25) is 4.79 Å². The average Bonchev–Trinajstić information content (AvgIpc) is 2.29. The van der Waals surface area contributed by atoms with Crippen LogP contribution in [-0.4, -0.2) is 51.5 Å². The van der Waals surface area contributed by atoms with Crippen molar-refractivity contribution in [2.45, 2.75) is 25.5 Å². The Balaban J connectivity index is 0.00000225. The molecule has 1 aliphatic rings. The minimum absolute atomic E-state index is 0. The van der Waals surface area contributed by atoms with Crippen LogP contribution < -0.4 is 10.6 Å². The zero-order valence-corrected chi connectivity index (χ0v) is 10.6. The third-order valence-corrected chi connectivity index (χ3v) is 2.43. The van der Waals surface area contributed by atoms with Crippen molar-refractivity contribution in [3.8, 4) is 0 Å². The van der Waals surface area contributed by atoms with Crippen LogP contribution in [0.2, 0.25) is 0 Å². The summed E-state index contributed by atoms with van der Waals surface area (Å²) in [5.41, 5.74) is 0. The zero-order valence-electron chi connectivity index (χ0n) is 9.82. The third kappa shape index (κ3) is 5.12. The summed E-state index contributed by atoms with van der Waals surface area (Å²) >= 11 is 0. The number of halogens is 1. The summed E-state index contributed by atoms with van der Waals surface area (Å²) in [7, 11) is 1.63. The number of carbonyl (C=O) groups is 1. The molecule has 0 aromatic rings. The highest BCUT2D eigenvalue weighted by atomic mass is 35.5. The van der Waals surface area contributed by atoms with Crippen molar-refractivity contribution < 1.29 is 14.3 Å². The van der Waals surface area contributed by atoms with Gasteiger partial charge in [-0.1, -0.05) is 6.92 Å². The number of amides is 1. The highest BCUT2D eigenvalue weighted by Crippen LogP contribution is 1.98. The Morgan fingerprint density at radius 1 is 1.69 bits per heavy atom. The molecule has 1 fully saturated rings. The lowest BCUT2D eigenvalue weighted by Crippen LogP contribution is -2.51. The van der Waals surface area contributed by atoms with Crippen LogP contribution >= 0.6 is 12.4 Å². The van der Waals surface area contributed by atoms with Gasteiger partial charge in [0.05, 0.1) is 19.3 Å². The normalized spacial score (nSPS) is 22.0. The molecule has 1 amide bonds. The van der Waals surface area contributed by atoms with Crippen molar-refractivity contribution in [3.63, 3.8) is 0 Å². The molecule has 1 heterocycles. The lowest BCUT2D eigenvalue weighted by Gasteiger charge is -2.25. The first-order valence-electron chi connectivity index (χ1n) is 5.39. The molecule has 2 N–H and O–H groups in total. The van der Waals surface area contributed by atoms with Gasteiger partial charge >= 0.3 is 0 Å². The molecule has 0 saturated carbocycles. The highest BCUT2D eigenvalue weighted by Gasteiger charge is 2.23. The second-order valence-corrected chi connectivity index (χ2v) is 3.63. The topological polar surface area (TPSA) is 59.6 Å². The Labute approximate surface area is 103 Å². The molecule has 1 aliphatic heterocycles. The van der Waals surface area contributed by atoms with Crippen molar-refractivity contribution in [3.05, 3.63) is 0 Å². The molecule has 1 rings (SSSR count). The van der Waals surface area contributed by atoms with E-state index in [1.807, 2.05) is 6.92 Å². The molecule has 0 radical (unpaired) electrons. The lowest BCUT2D eigenvalue weighted by atomic mass is 10.2. The van der Waals surface area contributed by atoms with Gasteiger partial charge in [0.25, 0.3) is 5.91 Å². The highest BCUT2D eigenvalue weighted by molar-refractivity contribution is 5.85. The summed E-state index contributed by atoms with van der Waals surface area (Å²) in [6.45, 7) is 4.57. The fourth-order valence-corrected chi connectivity index (χ4v) is 1.49. The molecule has 0 bridgehead atoms.